The van der Waals surface area contributed by atoms with Crippen molar-refractivity contribution in [2.75, 3.05) is 24.5 Å². The highest BCUT2D eigenvalue weighted by atomic mass is 19.1. The zero-order valence-corrected chi connectivity index (χ0v) is 18.3. The van der Waals surface area contributed by atoms with E-state index in [1.807, 2.05) is 30.5 Å². The fraction of sp³-hybridized carbons (Fsp3) is 0.292. The second-order valence-corrected chi connectivity index (χ2v) is 9.15. The van der Waals surface area contributed by atoms with E-state index in [-0.39, 0.29) is 11.2 Å². The predicted octanol–water partition coefficient (Wildman–Crippen LogP) is 2.55. The van der Waals surface area contributed by atoms with Crippen molar-refractivity contribution in [3.8, 4) is 11.3 Å². The zero-order valence-electron chi connectivity index (χ0n) is 18.3. The second-order valence-electron chi connectivity index (χ2n) is 9.15. The van der Waals surface area contributed by atoms with Gasteiger partial charge in [0.1, 0.15) is 23.5 Å². The van der Waals surface area contributed by atoms with Gasteiger partial charge in [-0.25, -0.2) is 23.9 Å². The Bertz CT molecular complexity index is 1540. The second kappa shape index (κ2) is 7.04. The first-order chi connectivity index (χ1) is 16.7. The molecule has 0 amide bonds. The molecule has 1 aliphatic carbocycles. The number of nitrogens with two attached hydrogens (primary N) is 1. The third kappa shape index (κ3) is 2.65. The minimum atomic E-state index is -0.295. The number of aromatic amines is 1. The number of benzene rings is 1. The van der Waals surface area contributed by atoms with Crippen LogP contribution in [0, 0.1) is 17.7 Å². The third-order valence-electron chi connectivity index (χ3n) is 7.68. The fourth-order valence-electron chi connectivity index (χ4n) is 5.94. The molecule has 3 atom stereocenters. The molecule has 9 nitrogen and oxygen atoms in total. The van der Waals surface area contributed by atoms with Gasteiger partial charge in [-0.15, -0.1) is 0 Å². The van der Waals surface area contributed by atoms with Crippen molar-refractivity contribution >= 4 is 22.6 Å². The molecule has 7 rings (SSSR count). The Morgan fingerprint density at radius 3 is 2.94 bits per heavy atom. The Balaban J connectivity index is 1.18. The first-order valence-corrected chi connectivity index (χ1v) is 11.4. The van der Waals surface area contributed by atoms with E-state index in [0.717, 1.165) is 47.8 Å². The molecule has 2 fully saturated rings. The lowest BCUT2D eigenvalue weighted by Crippen LogP contribution is -2.32. The number of H-pyrrole nitrogens is 1. The van der Waals surface area contributed by atoms with Gasteiger partial charge in [-0.3, -0.25) is 5.10 Å². The van der Waals surface area contributed by atoms with Gasteiger partial charge in [-0.2, -0.15) is 10.2 Å². The monoisotopic (exact) mass is 455 g/mol. The largest absolute Gasteiger partial charge is 0.355 e. The third-order valence-corrected chi connectivity index (χ3v) is 7.68. The maximum atomic E-state index is 14.6. The van der Waals surface area contributed by atoms with E-state index in [1.54, 1.807) is 16.8 Å². The summed E-state index contributed by atoms with van der Waals surface area (Å²) in [6.45, 7) is 2.05. The summed E-state index contributed by atoms with van der Waals surface area (Å²) in [6.07, 6.45) is 6.15. The predicted molar refractivity (Wildman–Crippen MR) is 125 cm³/mol. The summed E-state index contributed by atoms with van der Waals surface area (Å²) in [4.78, 5) is 15.9. The number of hydrogen-bond donors (Lipinski definition) is 2. The number of halogens is 1. The molecule has 4 aromatic heterocycles. The molecule has 5 aromatic rings. The van der Waals surface area contributed by atoms with Crippen LogP contribution in [0.3, 0.4) is 0 Å². The van der Waals surface area contributed by atoms with Crippen molar-refractivity contribution < 1.29 is 4.39 Å². The van der Waals surface area contributed by atoms with E-state index in [0.29, 0.717) is 29.5 Å². The molecule has 0 unspecified atom stereocenters. The SMILES string of the molecule is NC[C@]1(c2ccccc2F)[C@@H]2CCN(c3cnc4c(-c5ccc6ncnn6c5)[nH]nc4n3)C[C@@H]21. The average Bonchev–Trinajstić information content (AvgIpc) is 3.17. The van der Waals surface area contributed by atoms with Gasteiger partial charge in [0.25, 0.3) is 0 Å². The van der Waals surface area contributed by atoms with Crippen LogP contribution < -0.4 is 10.6 Å². The average molecular weight is 456 g/mol. The molecular formula is C24H22FN9. The minimum Gasteiger partial charge on any atom is -0.355 e. The van der Waals surface area contributed by atoms with Crippen molar-refractivity contribution in [2.45, 2.75) is 11.8 Å². The number of aromatic nitrogens is 7. The van der Waals surface area contributed by atoms with E-state index < -0.39 is 0 Å². The number of hydrogen-bond acceptors (Lipinski definition) is 7. The van der Waals surface area contributed by atoms with Gasteiger partial charge >= 0.3 is 0 Å². The minimum absolute atomic E-state index is 0.164. The number of nitrogens with zero attached hydrogens (tertiary/aromatic N) is 7. The zero-order chi connectivity index (χ0) is 22.9. The summed E-state index contributed by atoms with van der Waals surface area (Å²) >= 11 is 0. The van der Waals surface area contributed by atoms with E-state index in [1.165, 1.54) is 12.4 Å². The number of piperidine rings is 1. The molecule has 3 N–H and O–H groups in total. The van der Waals surface area contributed by atoms with E-state index >= 15 is 0 Å². The Kier molecular flexibility index (Phi) is 4.04. The fourth-order valence-corrected chi connectivity index (χ4v) is 5.94. The quantitative estimate of drug-likeness (QED) is 0.428. The van der Waals surface area contributed by atoms with E-state index in [2.05, 4.69) is 25.2 Å². The first kappa shape index (κ1) is 19.5. The summed E-state index contributed by atoms with van der Waals surface area (Å²) in [7, 11) is 0. The van der Waals surface area contributed by atoms with Crippen LogP contribution in [-0.2, 0) is 5.41 Å². The maximum Gasteiger partial charge on any atom is 0.202 e. The first-order valence-electron chi connectivity index (χ1n) is 11.4. The van der Waals surface area contributed by atoms with Crippen molar-refractivity contribution in [3.05, 3.63) is 66.5 Å². The van der Waals surface area contributed by atoms with Gasteiger partial charge in [0.2, 0.25) is 5.65 Å². The van der Waals surface area contributed by atoms with Crippen LogP contribution in [0.2, 0.25) is 0 Å². The molecule has 0 radical (unpaired) electrons. The van der Waals surface area contributed by atoms with Crippen LogP contribution in [0.25, 0.3) is 28.1 Å². The number of pyridine rings is 1. The molecule has 0 bridgehead atoms. The molecule has 1 aromatic carbocycles. The van der Waals surface area contributed by atoms with Crippen LogP contribution >= 0.6 is 0 Å². The lowest BCUT2D eigenvalue weighted by Gasteiger charge is -2.26. The summed E-state index contributed by atoms with van der Waals surface area (Å²) in [5.74, 6) is 1.31. The Hall–Kier alpha value is -3.92. The smallest absolute Gasteiger partial charge is 0.202 e. The van der Waals surface area contributed by atoms with Crippen LogP contribution in [0.1, 0.15) is 12.0 Å². The molecule has 0 spiro atoms. The Morgan fingerprint density at radius 1 is 1.15 bits per heavy atom. The van der Waals surface area contributed by atoms with Gasteiger partial charge in [-0.05, 0) is 42.0 Å². The van der Waals surface area contributed by atoms with Gasteiger partial charge in [-0.1, -0.05) is 18.2 Å². The molecule has 5 heterocycles. The van der Waals surface area contributed by atoms with E-state index in [4.69, 9.17) is 15.7 Å². The van der Waals surface area contributed by atoms with Crippen molar-refractivity contribution in [1.82, 2.24) is 34.8 Å². The lowest BCUT2D eigenvalue weighted by atomic mass is 9.91. The molecule has 170 valence electrons. The highest BCUT2D eigenvalue weighted by molar-refractivity contribution is 5.87. The number of fused-ring (bicyclic) bond motifs is 3. The number of nitrogens with one attached hydrogen (secondary N) is 1. The lowest BCUT2D eigenvalue weighted by molar-refractivity contribution is 0.533. The standard InChI is InChI=1S/C24H22FN9/c25-18-4-2-1-3-16(18)24(12-26)15-7-8-33(11-17(15)24)20-9-27-22-21(31-32-23(22)30-20)14-5-6-19-28-13-29-34(19)10-14/h1-6,9-10,13,15,17H,7-8,11-12,26H2,(H,30,31,32)/t15-,17+,24-/m1/s1. The van der Waals surface area contributed by atoms with Crippen LogP contribution in [0.15, 0.2) is 55.1 Å². The highest BCUT2D eigenvalue weighted by Gasteiger charge is 2.66. The van der Waals surface area contributed by atoms with E-state index in [9.17, 15) is 4.39 Å². The molecule has 1 aliphatic heterocycles. The van der Waals surface area contributed by atoms with Crippen LogP contribution in [0.4, 0.5) is 10.2 Å². The van der Waals surface area contributed by atoms with Gasteiger partial charge in [0.05, 0.1) is 11.9 Å². The van der Waals surface area contributed by atoms with Gasteiger partial charge in [0, 0.05) is 36.8 Å². The number of anilines is 1. The summed E-state index contributed by atoms with van der Waals surface area (Å²) in [6, 6.07) is 10.9. The van der Waals surface area contributed by atoms with Crippen molar-refractivity contribution in [1.29, 1.82) is 0 Å². The van der Waals surface area contributed by atoms with Crippen LogP contribution in [-0.4, -0.2) is 54.4 Å². The highest BCUT2D eigenvalue weighted by Crippen LogP contribution is 2.63. The molecular weight excluding hydrogens is 433 g/mol. The summed E-state index contributed by atoms with van der Waals surface area (Å²) in [5.41, 5.74) is 10.4. The molecule has 10 heteroatoms. The number of rotatable bonds is 4. The van der Waals surface area contributed by atoms with Gasteiger partial charge in [0.15, 0.2) is 5.65 Å². The normalized spacial score (nSPS) is 24.0. The summed E-state index contributed by atoms with van der Waals surface area (Å²) in [5, 5.41) is 11.7. The Labute approximate surface area is 193 Å². The summed E-state index contributed by atoms with van der Waals surface area (Å²) < 4.78 is 16.4. The topological polar surface area (TPSA) is 114 Å². The van der Waals surface area contributed by atoms with Crippen molar-refractivity contribution in [2.24, 2.45) is 17.6 Å². The Morgan fingerprint density at radius 2 is 2.06 bits per heavy atom. The van der Waals surface area contributed by atoms with Crippen LogP contribution in [0.5, 0.6) is 0 Å². The van der Waals surface area contributed by atoms with Crippen molar-refractivity contribution in [3.63, 3.8) is 0 Å². The molecule has 1 saturated carbocycles. The van der Waals surface area contributed by atoms with Gasteiger partial charge < -0.3 is 10.6 Å². The molecule has 2 aliphatic rings. The maximum absolute atomic E-state index is 14.6. The molecule has 1 saturated heterocycles. The molecule has 34 heavy (non-hydrogen) atoms.